The maximum absolute atomic E-state index is 14.0. The van der Waals surface area contributed by atoms with Crippen LogP contribution in [0.15, 0.2) is 42.5 Å². The van der Waals surface area contributed by atoms with Crippen LogP contribution in [0.3, 0.4) is 0 Å². The zero-order valence-corrected chi connectivity index (χ0v) is 15.5. The lowest BCUT2D eigenvalue weighted by molar-refractivity contribution is -0.140. The van der Waals surface area contributed by atoms with E-state index in [9.17, 15) is 44.3 Å². The number of hydrogen-bond donors (Lipinski definition) is 1. The highest BCUT2D eigenvalue weighted by molar-refractivity contribution is 5.90. The molecule has 2 aromatic rings. The van der Waals surface area contributed by atoms with E-state index in [0.29, 0.717) is 37.3 Å². The van der Waals surface area contributed by atoms with E-state index < -0.39 is 58.2 Å². The maximum Gasteiger partial charge on any atom is 0.419 e. The van der Waals surface area contributed by atoms with Crippen LogP contribution in [0.5, 0.6) is 0 Å². The van der Waals surface area contributed by atoms with Gasteiger partial charge in [0.2, 0.25) is 0 Å². The Labute approximate surface area is 169 Å². The molecule has 0 aliphatic heterocycles. The molecule has 1 atom stereocenters. The second-order valence-corrected chi connectivity index (χ2v) is 6.64. The Kier molecular flexibility index (Phi) is 6.48. The van der Waals surface area contributed by atoms with E-state index in [4.69, 9.17) is 5.11 Å². The standard InChI is InChI=1S/C20H13F9O2/c1-18(22,23)13(11-4-7-14(16(21)9-11)19(24,25)26)6-3-10-2-5-12(17(30)31)15(8-10)20(27,28)29/h2-9,13H,1H3,(H,30,31)/b6-3+. The summed E-state index contributed by atoms with van der Waals surface area (Å²) in [6, 6.07) is 3.23. The van der Waals surface area contributed by atoms with E-state index in [2.05, 4.69) is 0 Å². The van der Waals surface area contributed by atoms with Crippen molar-refractivity contribution in [1.82, 2.24) is 0 Å². The van der Waals surface area contributed by atoms with E-state index >= 15 is 0 Å². The van der Waals surface area contributed by atoms with Crippen molar-refractivity contribution in [3.8, 4) is 0 Å². The van der Waals surface area contributed by atoms with Crippen molar-refractivity contribution < 1.29 is 49.4 Å². The highest BCUT2D eigenvalue weighted by Crippen LogP contribution is 2.38. The van der Waals surface area contributed by atoms with Crippen LogP contribution < -0.4 is 0 Å². The molecule has 0 saturated carbocycles. The molecular weight excluding hydrogens is 443 g/mol. The molecule has 0 spiro atoms. The molecule has 0 aliphatic rings. The van der Waals surface area contributed by atoms with Crippen molar-refractivity contribution >= 4 is 12.0 Å². The predicted octanol–water partition coefficient (Wildman–Crippen LogP) is 7.01. The molecule has 0 radical (unpaired) electrons. The monoisotopic (exact) mass is 456 g/mol. The zero-order valence-electron chi connectivity index (χ0n) is 15.5. The Bertz CT molecular complexity index is 999. The number of benzene rings is 2. The molecule has 0 bridgehead atoms. The maximum atomic E-state index is 14.0. The van der Waals surface area contributed by atoms with Crippen LogP contribution >= 0.6 is 0 Å². The summed E-state index contributed by atoms with van der Waals surface area (Å²) in [5, 5.41) is 8.87. The predicted molar refractivity (Wildman–Crippen MR) is 92.2 cm³/mol. The Morgan fingerprint density at radius 3 is 1.94 bits per heavy atom. The summed E-state index contributed by atoms with van der Waals surface area (Å²) in [4.78, 5) is 11.0. The number of allylic oxidation sites excluding steroid dienone is 1. The first-order chi connectivity index (χ1) is 14.0. The molecule has 11 heteroatoms. The smallest absolute Gasteiger partial charge is 0.419 e. The fourth-order valence-corrected chi connectivity index (χ4v) is 2.82. The molecule has 0 amide bonds. The van der Waals surface area contributed by atoms with Crippen LogP contribution in [0.4, 0.5) is 39.5 Å². The SMILES string of the molecule is CC(F)(F)C(/C=C/c1ccc(C(=O)O)c(C(F)(F)F)c1)c1ccc(C(F)(F)F)c(F)c1. The first kappa shape index (κ1) is 24.3. The number of carboxylic acids is 1. The number of alkyl halides is 8. The third kappa shape index (κ3) is 5.80. The van der Waals surface area contributed by atoms with E-state index in [1.54, 1.807) is 0 Å². The summed E-state index contributed by atoms with van der Waals surface area (Å²) in [5.74, 6) is -9.21. The van der Waals surface area contributed by atoms with E-state index in [1.807, 2.05) is 0 Å². The average molecular weight is 456 g/mol. The molecule has 0 fully saturated rings. The van der Waals surface area contributed by atoms with Gasteiger partial charge < -0.3 is 5.11 Å². The van der Waals surface area contributed by atoms with Gasteiger partial charge in [0.05, 0.1) is 22.6 Å². The van der Waals surface area contributed by atoms with Crippen molar-refractivity contribution in [1.29, 1.82) is 0 Å². The molecule has 2 nitrogen and oxygen atoms in total. The Morgan fingerprint density at radius 2 is 1.48 bits per heavy atom. The van der Waals surface area contributed by atoms with Gasteiger partial charge in [0.25, 0.3) is 5.92 Å². The summed E-state index contributed by atoms with van der Waals surface area (Å²) in [6.45, 7) is 0.409. The summed E-state index contributed by atoms with van der Waals surface area (Å²) in [5.41, 5.74) is -5.04. The summed E-state index contributed by atoms with van der Waals surface area (Å²) < 4.78 is 119. The largest absolute Gasteiger partial charge is 0.478 e. The average Bonchev–Trinajstić information content (AvgIpc) is 2.58. The van der Waals surface area contributed by atoms with Crippen LogP contribution in [0.1, 0.15) is 45.5 Å². The van der Waals surface area contributed by atoms with Gasteiger partial charge in [-0.25, -0.2) is 18.0 Å². The lowest BCUT2D eigenvalue weighted by Gasteiger charge is -2.22. The first-order valence-electron chi connectivity index (χ1n) is 8.39. The van der Waals surface area contributed by atoms with Gasteiger partial charge in [-0.1, -0.05) is 24.3 Å². The first-order valence-corrected chi connectivity index (χ1v) is 8.39. The summed E-state index contributed by atoms with van der Waals surface area (Å²) >= 11 is 0. The molecule has 31 heavy (non-hydrogen) atoms. The van der Waals surface area contributed by atoms with Gasteiger partial charge in [0.15, 0.2) is 0 Å². The van der Waals surface area contributed by atoms with Crippen molar-refractivity contribution in [3.05, 3.63) is 76.1 Å². The van der Waals surface area contributed by atoms with Crippen LogP contribution in [0, 0.1) is 5.82 Å². The quantitative estimate of drug-likeness (QED) is 0.492. The zero-order chi connectivity index (χ0) is 23.8. The van der Waals surface area contributed by atoms with Crippen LogP contribution in [-0.4, -0.2) is 17.0 Å². The molecule has 1 N–H and O–H groups in total. The minimum absolute atomic E-state index is 0.282. The van der Waals surface area contributed by atoms with Crippen LogP contribution in [0.25, 0.3) is 6.08 Å². The fraction of sp³-hybridized carbons (Fsp3) is 0.250. The lowest BCUT2D eigenvalue weighted by atomic mass is 9.91. The van der Waals surface area contributed by atoms with Gasteiger partial charge in [-0.05, 0) is 35.4 Å². The highest BCUT2D eigenvalue weighted by Gasteiger charge is 2.38. The Balaban J connectivity index is 2.50. The minimum Gasteiger partial charge on any atom is -0.478 e. The van der Waals surface area contributed by atoms with Crippen molar-refractivity contribution in [3.63, 3.8) is 0 Å². The number of aromatic carboxylic acids is 1. The molecule has 2 aromatic carbocycles. The fourth-order valence-electron chi connectivity index (χ4n) is 2.82. The van der Waals surface area contributed by atoms with E-state index in [-0.39, 0.29) is 11.6 Å². The Hall–Kier alpha value is -2.98. The molecule has 0 aromatic heterocycles. The molecule has 168 valence electrons. The number of rotatable bonds is 5. The van der Waals surface area contributed by atoms with Gasteiger partial charge in [-0.15, -0.1) is 0 Å². The van der Waals surface area contributed by atoms with Gasteiger partial charge >= 0.3 is 18.3 Å². The Morgan fingerprint density at radius 1 is 0.903 bits per heavy atom. The second-order valence-electron chi connectivity index (χ2n) is 6.64. The third-order valence-corrected chi connectivity index (χ3v) is 4.26. The number of halogens is 9. The van der Waals surface area contributed by atoms with Crippen molar-refractivity contribution in [2.75, 3.05) is 0 Å². The normalized spacial score (nSPS) is 14.1. The van der Waals surface area contributed by atoms with Gasteiger partial charge in [0.1, 0.15) is 5.82 Å². The van der Waals surface area contributed by atoms with Crippen molar-refractivity contribution in [2.24, 2.45) is 0 Å². The summed E-state index contributed by atoms with van der Waals surface area (Å²) in [6.07, 6.45) is -8.55. The number of hydrogen-bond acceptors (Lipinski definition) is 1. The molecule has 0 heterocycles. The number of carboxylic acid groups (broad SMARTS) is 1. The van der Waals surface area contributed by atoms with Crippen LogP contribution in [-0.2, 0) is 12.4 Å². The van der Waals surface area contributed by atoms with Gasteiger partial charge in [-0.2, -0.15) is 26.3 Å². The van der Waals surface area contributed by atoms with Gasteiger partial charge in [-0.3, -0.25) is 0 Å². The number of carbonyl (C=O) groups is 1. The molecule has 0 saturated heterocycles. The molecular formula is C20H13F9O2. The molecule has 1 unspecified atom stereocenters. The van der Waals surface area contributed by atoms with E-state index in [0.717, 1.165) is 12.1 Å². The topological polar surface area (TPSA) is 37.3 Å². The second kappa shape index (κ2) is 8.27. The highest BCUT2D eigenvalue weighted by atomic mass is 19.4. The lowest BCUT2D eigenvalue weighted by Crippen LogP contribution is -2.21. The third-order valence-electron chi connectivity index (χ3n) is 4.26. The summed E-state index contributed by atoms with van der Waals surface area (Å²) in [7, 11) is 0. The minimum atomic E-state index is -5.04. The van der Waals surface area contributed by atoms with Crippen molar-refractivity contribution in [2.45, 2.75) is 31.1 Å². The van der Waals surface area contributed by atoms with Gasteiger partial charge in [0, 0.05) is 6.92 Å². The molecule has 2 rings (SSSR count). The molecule has 0 aliphatic carbocycles. The van der Waals surface area contributed by atoms with E-state index in [1.165, 1.54) is 0 Å². The van der Waals surface area contributed by atoms with Crippen LogP contribution in [0.2, 0.25) is 0 Å².